The van der Waals surface area contributed by atoms with E-state index >= 15 is 0 Å². The number of nitrogens with one attached hydrogen (secondary N) is 1. The summed E-state index contributed by atoms with van der Waals surface area (Å²) in [5.41, 5.74) is 0.598. The van der Waals surface area contributed by atoms with Crippen LogP contribution in [-0.2, 0) is 4.79 Å². The van der Waals surface area contributed by atoms with Crippen molar-refractivity contribution in [3.63, 3.8) is 0 Å². The topological polar surface area (TPSA) is 51.2 Å². The fraction of sp³-hybridized carbons (Fsp3) is 0.333. The van der Waals surface area contributed by atoms with Gasteiger partial charge in [0.25, 0.3) is 0 Å². The number of benzene rings is 1. The first kappa shape index (κ1) is 14.6. The lowest BCUT2D eigenvalue weighted by Crippen LogP contribution is -2.19. The van der Waals surface area contributed by atoms with E-state index in [1.54, 1.807) is 13.0 Å². The van der Waals surface area contributed by atoms with Crippen molar-refractivity contribution in [2.75, 3.05) is 11.9 Å². The monoisotopic (exact) mass is 304 g/mol. The van der Waals surface area contributed by atoms with Crippen LogP contribution < -0.4 is 10.1 Å². The van der Waals surface area contributed by atoms with Gasteiger partial charge in [0.05, 0.1) is 10.2 Å². The molecule has 0 aliphatic rings. The van der Waals surface area contributed by atoms with Crippen LogP contribution in [0, 0.1) is 0 Å². The third-order valence-electron chi connectivity index (χ3n) is 2.33. The molecule has 1 N–H and O–H groups in total. The summed E-state index contributed by atoms with van der Waals surface area (Å²) in [4.78, 5) is 15.4. The normalized spacial score (nSPS) is 11.6. The van der Waals surface area contributed by atoms with Crippen LogP contribution in [-0.4, -0.2) is 23.7 Å². The Kier molecular flexibility index (Phi) is 4.12. The highest BCUT2D eigenvalue weighted by Crippen LogP contribution is 2.30. The van der Waals surface area contributed by atoms with Crippen molar-refractivity contribution in [1.82, 2.24) is 4.98 Å². The summed E-state index contributed by atoms with van der Waals surface area (Å²) in [5.74, 6) is -0.0514. The predicted molar refractivity (Wildman–Crippen MR) is 70.1 cm³/mol. The smallest absolute Gasteiger partial charge is 0.422 e. The van der Waals surface area contributed by atoms with Crippen LogP contribution in [0.2, 0.25) is 0 Å². The highest BCUT2D eigenvalue weighted by atomic mass is 32.1. The lowest BCUT2D eigenvalue weighted by Gasteiger charge is -2.08. The van der Waals surface area contributed by atoms with E-state index in [0.29, 0.717) is 21.8 Å². The molecule has 2 rings (SSSR count). The summed E-state index contributed by atoms with van der Waals surface area (Å²) < 4.78 is 41.5. The zero-order chi connectivity index (χ0) is 14.8. The van der Waals surface area contributed by atoms with Gasteiger partial charge in [0.1, 0.15) is 5.75 Å². The van der Waals surface area contributed by atoms with E-state index in [1.807, 2.05) is 0 Å². The van der Waals surface area contributed by atoms with Gasteiger partial charge in [0.2, 0.25) is 5.91 Å². The number of nitrogens with zero attached hydrogens (tertiary/aromatic N) is 1. The highest BCUT2D eigenvalue weighted by molar-refractivity contribution is 7.22. The van der Waals surface area contributed by atoms with Gasteiger partial charge in [-0.3, -0.25) is 4.79 Å². The molecule has 0 fully saturated rings. The number of ether oxygens (including phenoxy) is 1. The van der Waals surface area contributed by atoms with Gasteiger partial charge in [0.15, 0.2) is 11.7 Å². The number of carbonyl (C=O) groups is 1. The number of hydrogen-bond donors (Lipinski definition) is 1. The summed E-state index contributed by atoms with van der Waals surface area (Å²) in [6, 6.07) is 4.44. The second-order valence-corrected chi connectivity index (χ2v) is 4.98. The van der Waals surface area contributed by atoms with Crippen molar-refractivity contribution < 1.29 is 22.7 Å². The Labute approximate surface area is 116 Å². The highest BCUT2D eigenvalue weighted by Gasteiger charge is 2.28. The van der Waals surface area contributed by atoms with Crippen LogP contribution in [0.3, 0.4) is 0 Å². The van der Waals surface area contributed by atoms with Gasteiger partial charge in [-0.1, -0.05) is 18.3 Å². The van der Waals surface area contributed by atoms with Crippen LogP contribution >= 0.6 is 11.3 Å². The Morgan fingerprint density at radius 2 is 2.20 bits per heavy atom. The van der Waals surface area contributed by atoms with E-state index in [-0.39, 0.29) is 11.7 Å². The van der Waals surface area contributed by atoms with E-state index in [1.165, 1.54) is 23.5 Å². The zero-order valence-electron chi connectivity index (χ0n) is 10.5. The second-order valence-electron chi connectivity index (χ2n) is 3.95. The van der Waals surface area contributed by atoms with Gasteiger partial charge in [-0.05, 0) is 18.2 Å². The van der Waals surface area contributed by atoms with Gasteiger partial charge >= 0.3 is 6.18 Å². The van der Waals surface area contributed by atoms with Crippen molar-refractivity contribution in [1.29, 1.82) is 0 Å². The number of fused-ring (bicyclic) bond motifs is 1. The van der Waals surface area contributed by atoms with E-state index in [9.17, 15) is 18.0 Å². The van der Waals surface area contributed by atoms with Crippen molar-refractivity contribution >= 4 is 32.6 Å². The lowest BCUT2D eigenvalue weighted by molar-refractivity contribution is -0.153. The Bertz CT molecular complexity index is 625. The fourth-order valence-corrected chi connectivity index (χ4v) is 2.33. The number of alkyl halides is 3. The third-order valence-corrected chi connectivity index (χ3v) is 3.26. The van der Waals surface area contributed by atoms with Crippen LogP contribution in [0.15, 0.2) is 18.2 Å². The quantitative estimate of drug-likeness (QED) is 0.939. The second kappa shape index (κ2) is 5.66. The van der Waals surface area contributed by atoms with Crippen LogP contribution in [0.4, 0.5) is 18.3 Å². The molecule has 0 bridgehead atoms. The Morgan fingerprint density at radius 1 is 1.45 bits per heavy atom. The molecular formula is C12H11F3N2O2S. The van der Waals surface area contributed by atoms with Gasteiger partial charge in [-0.15, -0.1) is 0 Å². The van der Waals surface area contributed by atoms with Gasteiger partial charge in [-0.25, -0.2) is 4.98 Å². The van der Waals surface area contributed by atoms with Crippen molar-refractivity contribution in [3.8, 4) is 5.75 Å². The van der Waals surface area contributed by atoms with E-state index in [4.69, 9.17) is 0 Å². The van der Waals surface area contributed by atoms with Crippen molar-refractivity contribution in [3.05, 3.63) is 18.2 Å². The number of carbonyl (C=O) groups excluding carboxylic acids is 1. The number of thiazole rings is 1. The van der Waals surface area contributed by atoms with Crippen molar-refractivity contribution in [2.45, 2.75) is 19.5 Å². The largest absolute Gasteiger partial charge is 0.484 e. The minimum Gasteiger partial charge on any atom is -0.484 e. The molecule has 8 heteroatoms. The SMILES string of the molecule is CCC(=O)Nc1nc2ccc(OCC(F)(F)F)cc2s1. The maximum Gasteiger partial charge on any atom is 0.422 e. The number of hydrogen-bond acceptors (Lipinski definition) is 4. The number of amides is 1. The van der Waals surface area contributed by atoms with Crippen LogP contribution in [0.1, 0.15) is 13.3 Å². The van der Waals surface area contributed by atoms with E-state index in [0.717, 1.165) is 0 Å². The van der Waals surface area contributed by atoms with Gasteiger partial charge in [-0.2, -0.15) is 13.2 Å². The molecule has 108 valence electrons. The Hall–Kier alpha value is -1.83. The number of rotatable bonds is 4. The molecule has 0 spiro atoms. The molecule has 0 saturated carbocycles. The lowest BCUT2D eigenvalue weighted by atomic mass is 10.3. The molecule has 0 unspecified atom stereocenters. The Morgan fingerprint density at radius 3 is 2.85 bits per heavy atom. The molecule has 1 heterocycles. The molecule has 0 saturated heterocycles. The number of anilines is 1. The van der Waals surface area contributed by atoms with E-state index < -0.39 is 12.8 Å². The summed E-state index contributed by atoms with van der Waals surface area (Å²) in [6.07, 6.45) is -4.04. The first-order valence-electron chi connectivity index (χ1n) is 5.77. The van der Waals surface area contributed by atoms with Crippen LogP contribution in [0.25, 0.3) is 10.2 Å². The third kappa shape index (κ3) is 3.83. The number of aromatic nitrogens is 1. The molecule has 4 nitrogen and oxygen atoms in total. The zero-order valence-corrected chi connectivity index (χ0v) is 11.3. The first-order valence-corrected chi connectivity index (χ1v) is 6.59. The molecule has 1 aromatic carbocycles. The minimum absolute atomic E-state index is 0.117. The number of halogens is 3. The molecular weight excluding hydrogens is 293 g/mol. The minimum atomic E-state index is -4.37. The predicted octanol–water partition coefficient (Wildman–Crippen LogP) is 3.59. The van der Waals surface area contributed by atoms with Crippen LogP contribution in [0.5, 0.6) is 5.75 Å². The molecule has 1 amide bonds. The van der Waals surface area contributed by atoms with Gasteiger partial charge < -0.3 is 10.1 Å². The molecule has 0 radical (unpaired) electrons. The molecule has 0 aliphatic carbocycles. The average Bonchev–Trinajstić information content (AvgIpc) is 2.76. The maximum absolute atomic E-state index is 12.1. The molecule has 0 atom stereocenters. The maximum atomic E-state index is 12.1. The molecule has 0 aliphatic heterocycles. The van der Waals surface area contributed by atoms with Crippen molar-refractivity contribution in [2.24, 2.45) is 0 Å². The Balaban J connectivity index is 2.15. The summed E-state index contributed by atoms with van der Waals surface area (Å²) >= 11 is 1.18. The average molecular weight is 304 g/mol. The summed E-state index contributed by atoms with van der Waals surface area (Å²) in [6.45, 7) is 0.377. The first-order chi connectivity index (χ1) is 9.37. The summed E-state index contributed by atoms with van der Waals surface area (Å²) in [7, 11) is 0. The van der Waals surface area contributed by atoms with E-state index in [2.05, 4.69) is 15.0 Å². The fourth-order valence-electron chi connectivity index (χ4n) is 1.42. The molecule has 2 aromatic rings. The molecule has 20 heavy (non-hydrogen) atoms. The molecule has 1 aromatic heterocycles. The summed E-state index contributed by atoms with van der Waals surface area (Å²) in [5, 5.41) is 3.02. The standard InChI is InChI=1S/C12H11F3N2O2S/c1-2-10(18)17-11-16-8-4-3-7(5-9(8)20-11)19-6-12(13,14)15/h3-5H,2,6H2,1H3,(H,16,17,18). The van der Waals surface area contributed by atoms with Gasteiger partial charge in [0, 0.05) is 6.42 Å².